The molecule has 8 nitrogen and oxygen atoms in total. The van der Waals surface area contributed by atoms with Crippen LogP contribution in [0.15, 0.2) is 58.8 Å². The molecule has 0 aliphatic carbocycles. The van der Waals surface area contributed by atoms with Gasteiger partial charge in [0.05, 0.1) is 15.8 Å². The maximum absolute atomic E-state index is 12.7. The van der Waals surface area contributed by atoms with Crippen molar-refractivity contribution < 1.29 is 13.2 Å². The lowest BCUT2D eigenvalue weighted by molar-refractivity contribution is -0.115. The van der Waals surface area contributed by atoms with Crippen molar-refractivity contribution in [1.29, 1.82) is 0 Å². The molecule has 0 saturated carbocycles. The molecule has 1 atom stereocenters. The van der Waals surface area contributed by atoms with Crippen molar-refractivity contribution in [3.8, 4) is 5.69 Å². The summed E-state index contributed by atoms with van der Waals surface area (Å²) >= 11 is 7.45. The molecule has 164 valence electrons. The average Bonchev–Trinajstić information content (AvgIpc) is 3.18. The highest BCUT2D eigenvalue weighted by Gasteiger charge is 2.21. The second-order valence-corrected chi connectivity index (χ2v) is 10.8. The number of aryl methyl sites for hydroxylation is 1. The van der Waals surface area contributed by atoms with Gasteiger partial charge in [-0.1, -0.05) is 35.5 Å². The maximum Gasteiger partial charge on any atom is 0.242 e. The predicted octanol–water partition coefficient (Wildman–Crippen LogP) is 3.60. The van der Waals surface area contributed by atoms with Gasteiger partial charge in [0.25, 0.3) is 0 Å². The topological polar surface area (TPSA) is 97.2 Å². The van der Waals surface area contributed by atoms with E-state index in [-0.39, 0.29) is 10.8 Å². The summed E-state index contributed by atoms with van der Waals surface area (Å²) in [6, 6.07) is 11.8. The molecule has 2 aromatic carbocycles. The maximum atomic E-state index is 12.7. The van der Waals surface area contributed by atoms with Gasteiger partial charge < -0.3 is 5.32 Å². The minimum atomic E-state index is -3.59. The van der Waals surface area contributed by atoms with Gasteiger partial charge >= 0.3 is 0 Å². The van der Waals surface area contributed by atoms with E-state index in [1.165, 1.54) is 38.0 Å². The summed E-state index contributed by atoms with van der Waals surface area (Å²) < 4.78 is 27.5. The van der Waals surface area contributed by atoms with Crippen LogP contribution in [0, 0.1) is 6.92 Å². The number of benzene rings is 2. The molecule has 0 bridgehead atoms. The van der Waals surface area contributed by atoms with Gasteiger partial charge in [0.15, 0.2) is 5.16 Å². The Kier molecular flexibility index (Phi) is 7.05. The molecule has 0 fully saturated rings. The lowest BCUT2D eigenvalue weighted by atomic mass is 10.2. The number of carbonyl (C=O) groups is 1. The zero-order valence-corrected chi connectivity index (χ0v) is 19.8. The Balaban J connectivity index is 1.74. The number of nitrogens with one attached hydrogen (secondary N) is 1. The lowest BCUT2D eigenvalue weighted by Crippen LogP contribution is -2.24. The van der Waals surface area contributed by atoms with Gasteiger partial charge in [-0.05, 0) is 49.7 Å². The smallest absolute Gasteiger partial charge is 0.242 e. The number of carbonyl (C=O) groups excluding carboxylic acids is 1. The number of anilines is 1. The second-order valence-electron chi connectivity index (χ2n) is 6.98. The van der Waals surface area contributed by atoms with Crippen molar-refractivity contribution in [2.75, 3.05) is 19.4 Å². The van der Waals surface area contributed by atoms with Crippen LogP contribution in [0.3, 0.4) is 0 Å². The molecule has 1 heterocycles. The number of nitrogens with zero attached hydrogens (tertiary/aromatic N) is 4. The number of hydrogen-bond acceptors (Lipinski definition) is 6. The molecule has 3 aromatic rings. The lowest BCUT2D eigenvalue weighted by Gasteiger charge is -2.15. The van der Waals surface area contributed by atoms with Gasteiger partial charge in [-0.25, -0.2) is 12.7 Å². The Morgan fingerprint density at radius 3 is 2.65 bits per heavy atom. The highest BCUT2D eigenvalue weighted by molar-refractivity contribution is 8.00. The molecular weight excluding hydrogens is 458 g/mol. The molecule has 0 aliphatic rings. The molecule has 0 radical (unpaired) electrons. The number of amides is 1. The van der Waals surface area contributed by atoms with E-state index in [0.717, 1.165) is 15.6 Å². The van der Waals surface area contributed by atoms with Gasteiger partial charge in [-0.2, -0.15) is 0 Å². The van der Waals surface area contributed by atoms with Crippen molar-refractivity contribution in [3.05, 3.63) is 59.4 Å². The highest BCUT2D eigenvalue weighted by atomic mass is 35.5. The highest BCUT2D eigenvalue weighted by Crippen LogP contribution is 2.27. The molecule has 0 saturated heterocycles. The van der Waals surface area contributed by atoms with Gasteiger partial charge in [0.2, 0.25) is 15.9 Å². The third kappa shape index (κ3) is 5.27. The van der Waals surface area contributed by atoms with Crippen LogP contribution in [0.1, 0.15) is 12.5 Å². The van der Waals surface area contributed by atoms with E-state index < -0.39 is 15.3 Å². The van der Waals surface area contributed by atoms with Crippen LogP contribution in [-0.2, 0) is 14.8 Å². The molecule has 0 unspecified atom stereocenters. The summed E-state index contributed by atoms with van der Waals surface area (Å²) in [5, 5.41) is 11.5. The van der Waals surface area contributed by atoms with Crippen LogP contribution in [0.4, 0.5) is 5.69 Å². The number of hydrogen-bond donors (Lipinski definition) is 1. The second kappa shape index (κ2) is 9.39. The summed E-state index contributed by atoms with van der Waals surface area (Å²) in [6.07, 6.45) is 1.56. The van der Waals surface area contributed by atoms with Crippen molar-refractivity contribution in [2.24, 2.45) is 0 Å². The Morgan fingerprint density at radius 2 is 1.97 bits per heavy atom. The zero-order valence-electron chi connectivity index (χ0n) is 17.4. The molecule has 3 rings (SSSR count). The normalized spacial score (nSPS) is 12.7. The molecule has 1 N–H and O–H groups in total. The van der Waals surface area contributed by atoms with Crippen molar-refractivity contribution in [1.82, 2.24) is 19.1 Å². The summed E-state index contributed by atoms with van der Waals surface area (Å²) in [4.78, 5) is 12.8. The molecule has 31 heavy (non-hydrogen) atoms. The largest absolute Gasteiger partial charge is 0.325 e. The van der Waals surface area contributed by atoms with Crippen molar-refractivity contribution in [3.63, 3.8) is 0 Å². The Morgan fingerprint density at radius 1 is 1.23 bits per heavy atom. The van der Waals surface area contributed by atoms with E-state index in [2.05, 4.69) is 15.5 Å². The van der Waals surface area contributed by atoms with E-state index in [0.29, 0.717) is 15.9 Å². The zero-order chi connectivity index (χ0) is 22.8. The predicted molar refractivity (Wildman–Crippen MR) is 122 cm³/mol. The van der Waals surface area contributed by atoms with E-state index in [4.69, 9.17) is 11.6 Å². The van der Waals surface area contributed by atoms with Gasteiger partial charge in [0, 0.05) is 24.8 Å². The third-order valence-electron chi connectivity index (χ3n) is 4.48. The quantitative estimate of drug-likeness (QED) is 0.520. The van der Waals surface area contributed by atoms with Crippen LogP contribution >= 0.6 is 23.4 Å². The minimum Gasteiger partial charge on any atom is -0.325 e. The number of thioether (sulfide) groups is 1. The monoisotopic (exact) mass is 479 g/mol. The Bertz CT molecular complexity index is 1210. The fourth-order valence-corrected chi connectivity index (χ4v) is 4.58. The SMILES string of the molecule is Cc1ccc(-n2cnnc2S[C@H](C)C(=O)Nc2cccc(S(=O)(=O)N(C)C)c2)cc1Cl. The average molecular weight is 480 g/mol. The first-order valence-corrected chi connectivity index (χ1v) is 12.0. The van der Waals surface area contributed by atoms with Crippen LogP contribution < -0.4 is 5.32 Å². The number of sulfonamides is 1. The van der Waals surface area contributed by atoms with E-state index in [1.807, 2.05) is 25.1 Å². The molecule has 11 heteroatoms. The van der Waals surface area contributed by atoms with Gasteiger partial charge in [0.1, 0.15) is 6.33 Å². The molecule has 0 spiro atoms. The summed E-state index contributed by atoms with van der Waals surface area (Å²) in [6.45, 7) is 3.65. The van der Waals surface area contributed by atoms with Crippen molar-refractivity contribution >= 4 is 45.0 Å². The van der Waals surface area contributed by atoms with Crippen molar-refractivity contribution in [2.45, 2.75) is 29.1 Å². The summed E-state index contributed by atoms with van der Waals surface area (Å²) in [7, 11) is -0.685. The fraction of sp³-hybridized carbons (Fsp3) is 0.250. The van der Waals surface area contributed by atoms with Gasteiger partial charge in [-0.15, -0.1) is 10.2 Å². The van der Waals surface area contributed by atoms with Crippen LogP contribution in [0.25, 0.3) is 5.69 Å². The first-order valence-electron chi connectivity index (χ1n) is 9.26. The third-order valence-corrected chi connectivity index (χ3v) is 7.76. The number of aromatic nitrogens is 3. The molecule has 1 amide bonds. The molecule has 1 aromatic heterocycles. The van der Waals surface area contributed by atoms with Crippen LogP contribution in [-0.4, -0.2) is 52.7 Å². The summed E-state index contributed by atoms with van der Waals surface area (Å²) in [5.74, 6) is -0.291. The van der Waals surface area contributed by atoms with Gasteiger partial charge in [-0.3, -0.25) is 9.36 Å². The minimum absolute atomic E-state index is 0.103. The first-order chi connectivity index (χ1) is 14.6. The number of halogens is 1. The molecule has 0 aliphatic heterocycles. The summed E-state index contributed by atoms with van der Waals surface area (Å²) in [5.41, 5.74) is 2.14. The van der Waals surface area contributed by atoms with E-state index >= 15 is 0 Å². The fourth-order valence-electron chi connectivity index (χ4n) is 2.61. The standard InChI is InChI=1S/C20H22ClN5O3S2/c1-13-8-9-16(11-18(13)21)26-12-22-24-20(26)30-14(2)19(27)23-15-6-5-7-17(10-15)31(28,29)25(3)4/h5-12,14H,1-4H3,(H,23,27)/t14-/m1/s1. The first kappa shape index (κ1) is 23.3. The Labute approximate surface area is 190 Å². The van der Waals surface area contributed by atoms with Crippen LogP contribution in [0.2, 0.25) is 5.02 Å². The van der Waals surface area contributed by atoms with E-state index in [9.17, 15) is 13.2 Å². The van der Waals surface area contributed by atoms with Crippen LogP contribution in [0.5, 0.6) is 0 Å². The molecular formula is C20H22ClN5O3S2. The number of rotatable bonds is 7. The Hall–Kier alpha value is -2.40. The van der Waals surface area contributed by atoms with E-state index in [1.54, 1.807) is 30.0 Å².